The topological polar surface area (TPSA) is 128 Å². The van der Waals surface area contributed by atoms with E-state index in [2.05, 4.69) is 6.07 Å². The highest BCUT2D eigenvalue weighted by Crippen LogP contribution is 2.46. The van der Waals surface area contributed by atoms with Gasteiger partial charge in [0.1, 0.15) is 11.6 Å². The van der Waals surface area contributed by atoms with E-state index >= 15 is 8.78 Å². The van der Waals surface area contributed by atoms with Crippen molar-refractivity contribution in [2.45, 2.75) is 62.4 Å². The lowest BCUT2D eigenvalue weighted by Crippen LogP contribution is -2.43. The average Bonchev–Trinajstić information content (AvgIpc) is 4.06. The predicted molar refractivity (Wildman–Crippen MR) is 181 cm³/mol. The Balaban J connectivity index is 1.49. The van der Waals surface area contributed by atoms with Crippen LogP contribution in [0.4, 0.5) is 32.0 Å². The highest BCUT2D eigenvalue weighted by Gasteiger charge is 2.39. The fourth-order valence-corrected chi connectivity index (χ4v) is 7.64. The predicted octanol–water partition coefficient (Wildman–Crippen LogP) is 7.67. The van der Waals surface area contributed by atoms with Crippen LogP contribution in [0.2, 0.25) is 0 Å². The molecule has 4 aromatic rings. The zero-order valence-corrected chi connectivity index (χ0v) is 29.3. The van der Waals surface area contributed by atoms with Crippen molar-refractivity contribution < 1.29 is 54.2 Å². The van der Waals surface area contributed by atoms with Gasteiger partial charge in [-0.15, -0.1) is 0 Å². The van der Waals surface area contributed by atoms with E-state index in [1.165, 1.54) is 12.1 Å². The van der Waals surface area contributed by atoms with Gasteiger partial charge in [-0.2, -0.15) is 9.57 Å². The van der Waals surface area contributed by atoms with Crippen molar-refractivity contribution in [2.24, 2.45) is 0 Å². The molecule has 4 aromatic carbocycles. The molecule has 54 heavy (non-hydrogen) atoms. The molecule has 0 bridgehead atoms. The summed E-state index contributed by atoms with van der Waals surface area (Å²) in [7, 11) is -5.82. The lowest BCUT2D eigenvalue weighted by molar-refractivity contribution is -0.119. The molecule has 16 heteroatoms. The fourth-order valence-electron chi connectivity index (χ4n) is 6.16. The van der Waals surface area contributed by atoms with Gasteiger partial charge in [0.05, 0.1) is 42.6 Å². The monoisotopic (exact) mass is 771 g/mol. The molecular formula is C38H31F6N3O6S. The fraction of sp³-hybridized carbons (Fsp3) is 0.289. The molecule has 282 valence electrons. The zero-order valence-electron chi connectivity index (χ0n) is 28.5. The van der Waals surface area contributed by atoms with E-state index in [9.17, 15) is 45.9 Å². The normalized spacial score (nSPS) is 14.2. The summed E-state index contributed by atoms with van der Waals surface area (Å²) in [5.41, 5.74) is 1.73. The first-order valence-corrected chi connectivity index (χ1v) is 18.2. The summed E-state index contributed by atoms with van der Waals surface area (Å²) in [5, 5.41) is 19.3. The second-order valence-corrected chi connectivity index (χ2v) is 14.9. The standard InChI is InChI=1S/C38H31F6N3O6S/c1-2-53-30-15-23(38(49)50)8-10-29(30)47(17-20-11-25(21-3-4-21)13-26(12-20)22-5-6-22)31(48)19-46(18-24-7-9-28(39)14-27(24)16-45)54(51,52)37-35(43)33(41)32(40)34(42)36(37)44/h7-15,21-22H,2-6,17-19H2,1H3,(H,49,50). The summed E-state index contributed by atoms with van der Waals surface area (Å²) in [5.74, 6) is -15.9. The van der Waals surface area contributed by atoms with Gasteiger partial charge < -0.3 is 14.7 Å². The van der Waals surface area contributed by atoms with E-state index in [-0.39, 0.29) is 40.0 Å². The number of ether oxygens (including phenoxy) is 1. The Hall–Kier alpha value is -5.40. The summed E-state index contributed by atoms with van der Waals surface area (Å²) in [6.07, 6.45) is 3.83. The maximum atomic E-state index is 15.1. The number of carboxylic acids is 1. The minimum Gasteiger partial charge on any atom is -0.492 e. The number of carbonyl (C=O) groups is 2. The molecule has 0 unspecified atom stereocenters. The van der Waals surface area contributed by atoms with Gasteiger partial charge in [-0.25, -0.2) is 39.6 Å². The Bertz CT molecular complexity index is 2270. The maximum absolute atomic E-state index is 15.1. The molecule has 0 spiro atoms. The van der Waals surface area contributed by atoms with Crippen molar-refractivity contribution in [3.8, 4) is 11.8 Å². The van der Waals surface area contributed by atoms with Gasteiger partial charge in [0.2, 0.25) is 21.7 Å². The SMILES string of the molecule is CCOc1cc(C(=O)O)ccc1N(Cc1cc(C2CC2)cc(C2CC2)c1)C(=O)CN(Cc1ccc(F)cc1C#N)S(=O)(=O)c1c(F)c(F)c(F)c(F)c1F. The van der Waals surface area contributed by atoms with Crippen molar-refractivity contribution in [1.82, 2.24) is 4.31 Å². The average molecular weight is 772 g/mol. The van der Waals surface area contributed by atoms with Crippen LogP contribution >= 0.6 is 0 Å². The molecule has 6 rings (SSSR count). The van der Waals surface area contributed by atoms with Crippen molar-refractivity contribution in [2.75, 3.05) is 18.1 Å². The molecule has 0 atom stereocenters. The quantitative estimate of drug-likeness (QED) is 0.0792. The molecule has 0 heterocycles. The number of benzene rings is 4. The van der Waals surface area contributed by atoms with Gasteiger partial charge in [-0.1, -0.05) is 24.3 Å². The van der Waals surface area contributed by atoms with Crippen LogP contribution in [-0.4, -0.2) is 42.9 Å². The second-order valence-electron chi connectivity index (χ2n) is 13.0. The van der Waals surface area contributed by atoms with E-state index in [4.69, 9.17) is 4.74 Å². The molecule has 1 amide bonds. The van der Waals surface area contributed by atoms with Crippen LogP contribution in [0, 0.1) is 46.2 Å². The first-order valence-electron chi connectivity index (χ1n) is 16.8. The Labute approximate surface area is 306 Å². The van der Waals surface area contributed by atoms with Crippen LogP contribution in [-0.2, 0) is 27.9 Å². The molecule has 0 aromatic heterocycles. The van der Waals surface area contributed by atoms with Gasteiger partial charge in [0.25, 0.3) is 0 Å². The summed E-state index contributed by atoms with van der Waals surface area (Å²) < 4.78 is 121. The van der Waals surface area contributed by atoms with E-state index < -0.39 is 80.4 Å². The van der Waals surface area contributed by atoms with Crippen molar-refractivity contribution in [3.05, 3.63) is 123 Å². The smallest absolute Gasteiger partial charge is 0.335 e. The molecule has 0 radical (unpaired) electrons. The van der Waals surface area contributed by atoms with Crippen LogP contribution in [0.25, 0.3) is 0 Å². The molecule has 2 saturated carbocycles. The second kappa shape index (κ2) is 15.2. The summed E-state index contributed by atoms with van der Waals surface area (Å²) >= 11 is 0. The number of hydrogen-bond donors (Lipinski definition) is 1. The van der Waals surface area contributed by atoms with Crippen LogP contribution in [0.1, 0.15) is 82.6 Å². The van der Waals surface area contributed by atoms with Crippen LogP contribution in [0.15, 0.2) is 59.5 Å². The van der Waals surface area contributed by atoms with E-state index in [1.807, 2.05) is 12.1 Å². The van der Waals surface area contributed by atoms with Crippen LogP contribution < -0.4 is 9.64 Å². The van der Waals surface area contributed by atoms with Gasteiger partial charge >= 0.3 is 5.97 Å². The Morgan fingerprint density at radius 3 is 1.96 bits per heavy atom. The van der Waals surface area contributed by atoms with E-state index in [1.54, 1.807) is 13.0 Å². The highest BCUT2D eigenvalue weighted by molar-refractivity contribution is 7.89. The first-order chi connectivity index (χ1) is 25.6. The molecule has 0 saturated heterocycles. The third kappa shape index (κ3) is 7.78. The number of carboxylic acid groups (broad SMARTS) is 1. The Morgan fingerprint density at radius 1 is 0.833 bits per heavy atom. The number of halogens is 6. The van der Waals surface area contributed by atoms with Gasteiger partial charge in [-0.05, 0) is 97.0 Å². The number of anilines is 1. The number of amides is 1. The molecule has 2 aliphatic rings. The zero-order chi connectivity index (χ0) is 39.1. The summed E-state index contributed by atoms with van der Waals surface area (Å²) in [6.45, 7) is -1.01. The number of nitrogens with zero attached hydrogens (tertiary/aromatic N) is 3. The number of hydrogen-bond acceptors (Lipinski definition) is 6. The third-order valence-corrected chi connectivity index (χ3v) is 11.0. The lowest BCUT2D eigenvalue weighted by Gasteiger charge is -2.29. The Kier molecular flexibility index (Phi) is 10.8. The van der Waals surface area contributed by atoms with Crippen molar-refractivity contribution in [3.63, 3.8) is 0 Å². The number of sulfonamides is 1. The summed E-state index contributed by atoms with van der Waals surface area (Å²) in [6, 6.07) is 13.7. The van der Waals surface area contributed by atoms with Gasteiger partial charge in [0, 0.05) is 6.54 Å². The van der Waals surface area contributed by atoms with E-state index in [0.717, 1.165) is 66.0 Å². The minimum atomic E-state index is -5.82. The third-order valence-electron chi connectivity index (χ3n) is 9.19. The molecule has 2 fully saturated rings. The van der Waals surface area contributed by atoms with Crippen molar-refractivity contribution in [1.29, 1.82) is 5.26 Å². The molecular weight excluding hydrogens is 740 g/mol. The number of aromatic carboxylic acids is 1. The highest BCUT2D eigenvalue weighted by atomic mass is 32.2. The molecule has 1 N–H and O–H groups in total. The number of carbonyl (C=O) groups excluding carboxylic acids is 1. The van der Waals surface area contributed by atoms with Gasteiger partial charge in [0.15, 0.2) is 28.2 Å². The van der Waals surface area contributed by atoms with Crippen LogP contribution in [0.3, 0.4) is 0 Å². The molecule has 9 nitrogen and oxygen atoms in total. The number of rotatable bonds is 14. The van der Waals surface area contributed by atoms with Gasteiger partial charge in [-0.3, -0.25) is 4.79 Å². The molecule has 0 aliphatic heterocycles. The minimum absolute atomic E-state index is 0.00333. The molecule has 2 aliphatic carbocycles. The van der Waals surface area contributed by atoms with Crippen LogP contribution in [0.5, 0.6) is 5.75 Å². The van der Waals surface area contributed by atoms with Crippen molar-refractivity contribution >= 4 is 27.6 Å². The Morgan fingerprint density at radius 2 is 1.43 bits per heavy atom. The largest absolute Gasteiger partial charge is 0.492 e. The van der Waals surface area contributed by atoms with E-state index in [0.29, 0.717) is 17.4 Å². The maximum Gasteiger partial charge on any atom is 0.335 e. The summed E-state index contributed by atoms with van der Waals surface area (Å²) in [4.78, 5) is 25.2. The lowest BCUT2D eigenvalue weighted by atomic mass is 9.99. The first kappa shape index (κ1) is 38.3. The number of nitriles is 1.